The highest BCUT2D eigenvalue weighted by Crippen LogP contribution is 2.43. The van der Waals surface area contributed by atoms with Crippen molar-refractivity contribution in [1.29, 1.82) is 0 Å². The molecule has 1 fully saturated rings. The summed E-state index contributed by atoms with van der Waals surface area (Å²) in [4.78, 5) is 14.8. The summed E-state index contributed by atoms with van der Waals surface area (Å²) in [6.07, 6.45) is 3.44. The van der Waals surface area contributed by atoms with Crippen LogP contribution in [-0.4, -0.2) is 43.4 Å². The van der Waals surface area contributed by atoms with Crippen LogP contribution in [-0.2, 0) is 4.79 Å². The van der Waals surface area contributed by atoms with Gasteiger partial charge >= 0.3 is 0 Å². The van der Waals surface area contributed by atoms with E-state index in [0.717, 1.165) is 39.1 Å². The zero-order valence-electron chi connectivity index (χ0n) is 11.1. The third-order valence-electron chi connectivity index (χ3n) is 4.71. The summed E-state index contributed by atoms with van der Waals surface area (Å²) in [6.45, 7) is 7.58. The third kappa shape index (κ3) is 2.36. The van der Waals surface area contributed by atoms with Gasteiger partial charge in [-0.05, 0) is 30.8 Å². The maximum absolute atomic E-state index is 12.4. The van der Waals surface area contributed by atoms with E-state index in [2.05, 4.69) is 17.1 Å². The summed E-state index contributed by atoms with van der Waals surface area (Å²) in [7, 11) is 0. The average Bonchev–Trinajstić information content (AvgIpc) is 2.91. The summed E-state index contributed by atoms with van der Waals surface area (Å²) in [6, 6.07) is 0. The lowest BCUT2D eigenvalue weighted by molar-refractivity contribution is -0.119. The van der Waals surface area contributed by atoms with Crippen LogP contribution in [0.5, 0.6) is 0 Å². The molecule has 1 heterocycles. The standard InChI is InChI=1S/C14H22N2O.ClH/c1-10-11-3-2-4-12(11)14(17)13(10)9-16-7-5-15-6-8-16;/h10,13,15H,2-9H2,1H3;1H. The minimum absolute atomic E-state index is 0. The van der Waals surface area contributed by atoms with Gasteiger partial charge in [0.25, 0.3) is 0 Å². The molecule has 3 nitrogen and oxygen atoms in total. The van der Waals surface area contributed by atoms with Crippen molar-refractivity contribution in [2.24, 2.45) is 11.8 Å². The normalized spacial score (nSPS) is 32.6. The number of piperazine rings is 1. The maximum Gasteiger partial charge on any atom is 0.163 e. The van der Waals surface area contributed by atoms with Gasteiger partial charge in [-0.1, -0.05) is 12.5 Å². The van der Waals surface area contributed by atoms with Crippen molar-refractivity contribution in [2.75, 3.05) is 32.7 Å². The number of nitrogens with zero attached hydrogens (tertiary/aromatic N) is 1. The van der Waals surface area contributed by atoms with E-state index in [0.29, 0.717) is 11.7 Å². The van der Waals surface area contributed by atoms with E-state index in [1.165, 1.54) is 24.0 Å². The fourth-order valence-corrected chi connectivity index (χ4v) is 3.66. The number of hydrogen-bond acceptors (Lipinski definition) is 3. The molecule has 2 unspecified atom stereocenters. The Morgan fingerprint density at radius 1 is 1.28 bits per heavy atom. The van der Waals surface area contributed by atoms with Gasteiger partial charge in [0.05, 0.1) is 0 Å². The Morgan fingerprint density at radius 2 is 2.00 bits per heavy atom. The number of halogens is 1. The molecule has 18 heavy (non-hydrogen) atoms. The molecule has 1 saturated heterocycles. The van der Waals surface area contributed by atoms with Gasteiger partial charge in [0.15, 0.2) is 5.78 Å². The molecule has 0 spiro atoms. The van der Waals surface area contributed by atoms with Crippen LogP contribution >= 0.6 is 12.4 Å². The fourth-order valence-electron chi connectivity index (χ4n) is 3.66. The summed E-state index contributed by atoms with van der Waals surface area (Å²) in [5.74, 6) is 1.25. The minimum atomic E-state index is 0. The van der Waals surface area contributed by atoms with Crippen LogP contribution in [0.15, 0.2) is 11.1 Å². The molecule has 0 amide bonds. The van der Waals surface area contributed by atoms with E-state index in [9.17, 15) is 4.79 Å². The maximum atomic E-state index is 12.4. The van der Waals surface area contributed by atoms with E-state index in [-0.39, 0.29) is 18.3 Å². The zero-order chi connectivity index (χ0) is 11.8. The van der Waals surface area contributed by atoms with Crippen LogP contribution in [0.3, 0.4) is 0 Å². The molecule has 1 N–H and O–H groups in total. The molecule has 0 saturated carbocycles. The molecular weight excluding hydrogens is 248 g/mol. The average molecular weight is 271 g/mol. The molecule has 0 aromatic carbocycles. The lowest BCUT2D eigenvalue weighted by Gasteiger charge is -2.31. The van der Waals surface area contributed by atoms with Crippen molar-refractivity contribution in [1.82, 2.24) is 10.2 Å². The number of nitrogens with one attached hydrogen (secondary N) is 1. The number of Topliss-reactive ketones (excluding diaryl/α,β-unsaturated/α-hetero) is 1. The molecule has 0 aromatic heterocycles. The molecule has 2 atom stereocenters. The van der Waals surface area contributed by atoms with Crippen LogP contribution in [0.25, 0.3) is 0 Å². The molecule has 0 aromatic rings. The Bertz CT molecular complexity index is 361. The molecule has 0 radical (unpaired) electrons. The van der Waals surface area contributed by atoms with Gasteiger partial charge in [0.1, 0.15) is 0 Å². The van der Waals surface area contributed by atoms with Gasteiger partial charge in [-0.2, -0.15) is 0 Å². The van der Waals surface area contributed by atoms with Crippen LogP contribution in [0.2, 0.25) is 0 Å². The highest BCUT2D eigenvalue weighted by Gasteiger charge is 2.41. The first-order chi connectivity index (χ1) is 8.27. The largest absolute Gasteiger partial charge is 0.314 e. The van der Waals surface area contributed by atoms with Crippen molar-refractivity contribution in [3.8, 4) is 0 Å². The molecule has 1 aliphatic heterocycles. The predicted octanol–water partition coefficient (Wildman–Crippen LogP) is 1.63. The molecular formula is C14H23ClN2O. The second-order valence-electron chi connectivity index (χ2n) is 5.67. The quantitative estimate of drug-likeness (QED) is 0.828. The highest BCUT2D eigenvalue weighted by atomic mass is 35.5. The van der Waals surface area contributed by atoms with Gasteiger partial charge in [0.2, 0.25) is 0 Å². The summed E-state index contributed by atoms with van der Waals surface area (Å²) < 4.78 is 0. The highest BCUT2D eigenvalue weighted by molar-refractivity contribution is 6.01. The van der Waals surface area contributed by atoms with Gasteiger partial charge in [-0.3, -0.25) is 4.79 Å². The molecule has 3 rings (SSSR count). The smallest absolute Gasteiger partial charge is 0.163 e. The topological polar surface area (TPSA) is 32.3 Å². The van der Waals surface area contributed by atoms with Crippen LogP contribution in [0.4, 0.5) is 0 Å². The van der Waals surface area contributed by atoms with E-state index < -0.39 is 0 Å². The SMILES string of the molecule is CC1C2=C(CCC2)C(=O)C1CN1CCNCC1.Cl. The van der Waals surface area contributed by atoms with E-state index in [1.807, 2.05) is 0 Å². The first-order valence-electron chi connectivity index (χ1n) is 6.96. The second kappa shape index (κ2) is 5.72. The summed E-state index contributed by atoms with van der Waals surface area (Å²) in [5.41, 5.74) is 2.70. The van der Waals surface area contributed by atoms with Crippen LogP contribution in [0.1, 0.15) is 26.2 Å². The van der Waals surface area contributed by atoms with Crippen LogP contribution in [0, 0.1) is 11.8 Å². The van der Waals surface area contributed by atoms with Gasteiger partial charge in [0, 0.05) is 38.6 Å². The summed E-state index contributed by atoms with van der Waals surface area (Å²) >= 11 is 0. The Hall–Kier alpha value is -0.380. The zero-order valence-corrected chi connectivity index (χ0v) is 11.9. The Morgan fingerprint density at radius 3 is 2.67 bits per heavy atom. The van der Waals surface area contributed by atoms with Gasteiger partial charge in [-0.25, -0.2) is 0 Å². The number of hydrogen-bond donors (Lipinski definition) is 1. The minimum Gasteiger partial charge on any atom is -0.314 e. The third-order valence-corrected chi connectivity index (χ3v) is 4.71. The molecule has 102 valence electrons. The lowest BCUT2D eigenvalue weighted by Crippen LogP contribution is -2.46. The predicted molar refractivity (Wildman–Crippen MR) is 75.1 cm³/mol. The molecule has 0 bridgehead atoms. The number of allylic oxidation sites excluding steroid dienone is 2. The first-order valence-corrected chi connectivity index (χ1v) is 6.96. The van der Waals surface area contributed by atoms with Crippen molar-refractivity contribution in [2.45, 2.75) is 26.2 Å². The first kappa shape index (κ1) is 14.0. The monoisotopic (exact) mass is 270 g/mol. The van der Waals surface area contributed by atoms with E-state index in [4.69, 9.17) is 0 Å². The van der Waals surface area contributed by atoms with Crippen molar-refractivity contribution in [3.05, 3.63) is 11.1 Å². The molecule has 2 aliphatic carbocycles. The Balaban J connectivity index is 0.00000120. The van der Waals surface area contributed by atoms with Crippen molar-refractivity contribution in [3.63, 3.8) is 0 Å². The molecule has 3 aliphatic rings. The van der Waals surface area contributed by atoms with Crippen molar-refractivity contribution >= 4 is 18.2 Å². The van der Waals surface area contributed by atoms with Crippen molar-refractivity contribution < 1.29 is 4.79 Å². The fraction of sp³-hybridized carbons (Fsp3) is 0.786. The van der Waals surface area contributed by atoms with Gasteiger partial charge in [-0.15, -0.1) is 12.4 Å². The Kier molecular flexibility index (Phi) is 4.46. The second-order valence-corrected chi connectivity index (χ2v) is 5.67. The number of carbonyl (C=O) groups excluding carboxylic acids is 1. The lowest BCUT2D eigenvalue weighted by atomic mass is 9.89. The van der Waals surface area contributed by atoms with Gasteiger partial charge < -0.3 is 10.2 Å². The number of ketones is 1. The number of carbonyl (C=O) groups is 1. The van der Waals surface area contributed by atoms with E-state index in [1.54, 1.807) is 0 Å². The van der Waals surface area contributed by atoms with Crippen LogP contribution < -0.4 is 5.32 Å². The summed E-state index contributed by atoms with van der Waals surface area (Å²) in [5, 5.41) is 3.36. The Labute approximate surface area is 115 Å². The molecule has 4 heteroatoms. The van der Waals surface area contributed by atoms with E-state index >= 15 is 0 Å². The number of rotatable bonds is 2.